The minimum Gasteiger partial charge on any atom is -0.346 e. The fourth-order valence-corrected chi connectivity index (χ4v) is 1.90. The Morgan fingerprint density at radius 3 is 2.89 bits per heavy atom. The van der Waals surface area contributed by atoms with E-state index in [1.165, 1.54) is 0 Å². The molecule has 18 heavy (non-hydrogen) atoms. The molecule has 3 nitrogen and oxygen atoms in total. The van der Waals surface area contributed by atoms with Gasteiger partial charge in [-0.05, 0) is 23.8 Å². The molecule has 0 unspecified atom stereocenters. The molecule has 0 aromatic carbocycles. The Labute approximate surface area is 109 Å². The van der Waals surface area contributed by atoms with E-state index in [0.29, 0.717) is 5.15 Å². The number of nitrogens with zero attached hydrogens (tertiary/aromatic N) is 2. The van der Waals surface area contributed by atoms with Gasteiger partial charge in [-0.2, -0.15) is 0 Å². The minimum absolute atomic E-state index is 0.503. The van der Waals surface area contributed by atoms with Gasteiger partial charge in [-0.15, -0.1) is 0 Å². The predicted octanol–water partition coefficient (Wildman–Crippen LogP) is 3.78. The molecule has 3 aromatic heterocycles. The van der Waals surface area contributed by atoms with Crippen LogP contribution < -0.4 is 0 Å². The van der Waals surface area contributed by atoms with Crippen LogP contribution >= 0.6 is 11.6 Å². The monoisotopic (exact) mass is 255 g/mol. The summed E-state index contributed by atoms with van der Waals surface area (Å²) in [5.41, 5.74) is 3.01. The Bertz CT molecular complexity index is 698. The first-order chi connectivity index (χ1) is 8.83. The average Bonchev–Trinajstić information content (AvgIpc) is 2.82. The van der Waals surface area contributed by atoms with E-state index in [2.05, 4.69) is 15.0 Å². The van der Waals surface area contributed by atoms with Gasteiger partial charge in [0, 0.05) is 29.5 Å². The van der Waals surface area contributed by atoms with Crippen LogP contribution in [0.4, 0.5) is 0 Å². The van der Waals surface area contributed by atoms with Crippen LogP contribution in [0, 0.1) is 0 Å². The van der Waals surface area contributed by atoms with Gasteiger partial charge in [-0.3, -0.25) is 0 Å². The molecule has 1 N–H and O–H groups in total. The van der Waals surface area contributed by atoms with Crippen molar-refractivity contribution in [1.82, 2.24) is 15.0 Å². The molecular formula is C14H10ClN3. The normalized spacial score (nSPS) is 11.4. The molecule has 0 saturated heterocycles. The molecule has 0 aliphatic heterocycles. The Kier molecular flexibility index (Phi) is 2.82. The van der Waals surface area contributed by atoms with E-state index >= 15 is 0 Å². The summed E-state index contributed by atoms with van der Waals surface area (Å²) in [5.74, 6) is 0. The molecule has 0 aliphatic rings. The first-order valence-electron chi connectivity index (χ1n) is 5.55. The second-order valence-electron chi connectivity index (χ2n) is 3.89. The number of hydrogen-bond acceptors (Lipinski definition) is 2. The van der Waals surface area contributed by atoms with Crippen molar-refractivity contribution in [3.05, 3.63) is 59.1 Å². The fourth-order valence-electron chi connectivity index (χ4n) is 1.79. The summed E-state index contributed by atoms with van der Waals surface area (Å²) >= 11 is 5.74. The molecule has 3 rings (SSSR count). The van der Waals surface area contributed by atoms with Gasteiger partial charge in [0.05, 0.1) is 0 Å². The molecule has 3 aromatic rings. The Morgan fingerprint density at radius 2 is 2.06 bits per heavy atom. The van der Waals surface area contributed by atoms with Crippen molar-refractivity contribution in [2.45, 2.75) is 0 Å². The predicted molar refractivity (Wildman–Crippen MR) is 74.3 cm³/mol. The van der Waals surface area contributed by atoms with Crippen molar-refractivity contribution in [2.24, 2.45) is 0 Å². The summed E-state index contributed by atoms with van der Waals surface area (Å²) in [6.45, 7) is 0. The highest BCUT2D eigenvalue weighted by Gasteiger charge is 1.99. The molecule has 4 heteroatoms. The van der Waals surface area contributed by atoms with Gasteiger partial charge in [-0.25, -0.2) is 9.97 Å². The lowest BCUT2D eigenvalue weighted by atomic mass is 10.2. The van der Waals surface area contributed by atoms with Crippen molar-refractivity contribution in [3.8, 4) is 0 Å². The van der Waals surface area contributed by atoms with Gasteiger partial charge in [0.25, 0.3) is 0 Å². The van der Waals surface area contributed by atoms with Crippen molar-refractivity contribution < 1.29 is 0 Å². The lowest BCUT2D eigenvalue weighted by molar-refractivity contribution is 1.32. The van der Waals surface area contributed by atoms with Crippen molar-refractivity contribution in [3.63, 3.8) is 0 Å². The average molecular weight is 256 g/mol. The zero-order valence-electron chi connectivity index (χ0n) is 9.47. The first kappa shape index (κ1) is 11.0. The molecule has 0 aliphatic carbocycles. The molecule has 0 amide bonds. The van der Waals surface area contributed by atoms with Crippen molar-refractivity contribution in [2.75, 3.05) is 0 Å². The fraction of sp³-hybridized carbons (Fsp3) is 0. The van der Waals surface area contributed by atoms with E-state index in [-0.39, 0.29) is 0 Å². The smallest absolute Gasteiger partial charge is 0.137 e. The SMILES string of the molecule is Clc1ccc(/C=C\c2c[nH]c3ncccc23)cn1. The highest BCUT2D eigenvalue weighted by atomic mass is 35.5. The first-order valence-corrected chi connectivity index (χ1v) is 5.92. The third kappa shape index (κ3) is 2.13. The number of halogens is 1. The quantitative estimate of drug-likeness (QED) is 0.708. The third-order valence-electron chi connectivity index (χ3n) is 2.69. The van der Waals surface area contributed by atoms with Crippen LogP contribution in [-0.2, 0) is 0 Å². The number of hydrogen-bond donors (Lipinski definition) is 1. The zero-order chi connectivity index (χ0) is 12.4. The largest absolute Gasteiger partial charge is 0.346 e. The van der Waals surface area contributed by atoms with E-state index in [1.807, 2.05) is 36.5 Å². The van der Waals surface area contributed by atoms with Gasteiger partial charge in [-0.1, -0.05) is 29.8 Å². The van der Waals surface area contributed by atoms with Crippen LogP contribution in [0.3, 0.4) is 0 Å². The lowest BCUT2D eigenvalue weighted by Gasteiger charge is -1.93. The van der Waals surface area contributed by atoms with E-state index in [0.717, 1.165) is 22.2 Å². The second kappa shape index (κ2) is 4.63. The number of H-pyrrole nitrogens is 1. The maximum Gasteiger partial charge on any atom is 0.137 e. The van der Waals surface area contributed by atoms with Gasteiger partial charge < -0.3 is 4.98 Å². The number of rotatable bonds is 2. The third-order valence-corrected chi connectivity index (χ3v) is 2.91. The number of pyridine rings is 2. The van der Waals surface area contributed by atoms with E-state index in [4.69, 9.17) is 11.6 Å². The summed E-state index contributed by atoms with van der Waals surface area (Å²) in [4.78, 5) is 11.4. The van der Waals surface area contributed by atoms with Crippen LogP contribution in [0.15, 0.2) is 42.9 Å². The summed E-state index contributed by atoms with van der Waals surface area (Å²) < 4.78 is 0. The number of nitrogens with one attached hydrogen (secondary N) is 1. The van der Waals surface area contributed by atoms with Gasteiger partial charge in [0.1, 0.15) is 10.8 Å². The highest BCUT2D eigenvalue weighted by molar-refractivity contribution is 6.29. The van der Waals surface area contributed by atoms with Gasteiger partial charge in [0.2, 0.25) is 0 Å². The van der Waals surface area contributed by atoms with Crippen LogP contribution in [0.2, 0.25) is 5.15 Å². The summed E-state index contributed by atoms with van der Waals surface area (Å²) in [6.07, 6.45) is 9.49. The molecule has 0 radical (unpaired) electrons. The Balaban J connectivity index is 1.94. The van der Waals surface area contributed by atoms with E-state index in [9.17, 15) is 0 Å². The molecule has 3 heterocycles. The summed E-state index contributed by atoms with van der Waals surface area (Å²) in [6, 6.07) is 7.67. The number of aromatic nitrogens is 3. The molecule has 0 saturated carbocycles. The maximum absolute atomic E-state index is 5.74. The molecule has 0 atom stereocenters. The Hall–Kier alpha value is -2.13. The molecule has 88 valence electrons. The lowest BCUT2D eigenvalue weighted by Crippen LogP contribution is -1.76. The number of fused-ring (bicyclic) bond motifs is 1. The van der Waals surface area contributed by atoms with Gasteiger partial charge >= 0.3 is 0 Å². The van der Waals surface area contributed by atoms with E-state index < -0.39 is 0 Å². The Morgan fingerprint density at radius 1 is 1.11 bits per heavy atom. The van der Waals surface area contributed by atoms with Crippen LogP contribution in [0.1, 0.15) is 11.1 Å². The highest BCUT2D eigenvalue weighted by Crippen LogP contribution is 2.18. The molecule has 0 bridgehead atoms. The number of aromatic amines is 1. The van der Waals surface area contributed by atoms with Crippen LogP contribution in [0.5, 0.6) is 0 Å². The standard InChI is InChI=1S/C14H10ClN3/c15-13-6-4-10(8-17-13)3-5-11-9-18-14-12(11)2-1-7-16-14/h1-9H,(H,16,18)/b5-3-. The second-order valence-corrected chi connectivity index (χ2v) is 4.28. The zero-order valence-corrected chi connectivity index (χ0v) is 10.2. The van der Waals surface area contributed by atoms with E-state index in [1.54, 1.807) is 18.5 Å². The maximum atomic E-state index is 5.74. The van der Waals surface area contributed by atoms with Crippen LogP contribution in [0.25, 0.3) is 23.2 Å². The van der Waals surface area contributed by atoms with Crippen LogP contribution in [-0.4, -0.2) is 15.0 Å². The molecule has 0 fully saturated rings. The van der Waals surface area contributed by atoms with Gasteiger partial charge in [0.15, 0.2) is 0 Å². The summed E-state index contributed by atoms with van der Waals surface area (Å²) in [5, 5.41) is 1.61. The topological polar surface area (TPSA) is 41.6 Å². The van der Waals surface area contributed by atoms with Crippen molar-refractivity contribution in [1.29, 1.82) is 0 Å². The van der Waals surface area contributed by atoms with Crippen molar-refractivity contribution >= 4 is 34.8 Å². The molecule has 0 spiro atoms. The molecular weight excluding hydrogens is 246 g/mol. The summed E-state index contributed by atoms with van der Waals surface area (Å²) in [7, 11) is 0. The minimum atomic E-state index is 0.503.